The van der Waals surface area contributed by atoms with Crippen molar-refractivity contribution in [1.82, 2.24) is 9.97 Å². The summed E-state index contributed by atoms with van der Waals surface area (Å²) in [7, 11) is 0. The van der Waals surface area contributed by atoms with E-state index in [1.165, 1.54) is 11.1 Å². The van der Waals surface area contributed by atoms with Crippen molar-refractivity contribution >= 4 is 32.6 Å². The number of para-hydroxylation sites is 1. The number of hydrogen-bond donors (Lipinski definition) is 0. The number of carbonyl (C=O) groups excluding carboxylic acids is 1. The Balaban J connectivity index is 1.67. The van der Waals surface area contributed by atoms with E-state index >= 15 is 0 Å². The first-order chi connectivity index (χ1) is 14.7. The minimum absolute atomic E-state index is 0.0296. The van der Waals surface area contributed by atoms with Crippen molar-refractivity contribution in [1.29, 1.82) is 0 Å². The molecule has 5 heteroatoms. The maximum absolute atomic E-state index is 13.4. The van der Waals surface area contributed by atoms with E-state index in [4.69, 9.17) is 4.98 Å². The van der Waals surface area contributed by atoms with Crippen LogP contribution in [-0.4, -0.2) is 15.9 Å². The Kier molecular flexibility index (Phi) is 6.19. The second kappa shape index (κ2) is 9.18. The topological polar surface area (TPSA) is 46.1 Å². The van der Waals surface area contributed by atoms with Crippen molar-refractivity contribution in [2.75, 3.05) is 4.90 Å². The fourth-order valence-corrected chi connectivity index (χ4v) is 4.50. The molecule has 4 aromatic rings. The zero-order chi connectivity index (χ0) is 20.9. The average molecular weight is 416 g/mol. The van der Waals surface area contributed by atoms with Gasteiger partial charge in [0.05, 0.1) is 28.9 Å². The molecule has 0 saturated carbocycles. The lowest BCUT2D eigenvalue weighted by molar-refractivity contribution is -0.118. The van der Waals surface area contributed by atoms with Crippen LogP contribution in [-0.2, 0) is 30.6 Å². The molecule has 4 nitrogen and oxygen atoms in total. The van der Waals surface area contributed by atoms with Crippen LogP contribution in [0, 0.1) is 0 Å². The van der Waals surface area contributed by atoms with Gasteiger partial charge in [-0.25, -0.2) is 4.98 Å². The molecule has 2 aromatic carbocycles. The normalized spacial score (nSPS) is 11.0. The van der Waals surface area contributed by atoms with Crippen LogP contribution in [0.1, 0.15) is 36.2 Å². The zero-order valence-electron chi connectivity index (χ0n) is 17.3. The molecule has 0 bridgehead atoms. The molecule has 1 amide bonds. The van der Waals surface area contributed by atoms with Gasteiger partial charge >= 0.3 is 0 Å². The molecule has 2 heterocycles. The van der Waals surface area contributed by atoms with E-state index in [2.05, 4.69) is 49.2 Å². The quantitative estimate of drug-likeness (QED) is 0.395. The molecule has 152 valence electrons. The summed E-state index contributed by atoms with van der Waals surface area (Å²) >= 11 is 1.57. The van der Waals surface area contributed by atoms with Crippen molar-refractivity contribution in [2.24, 2.45) is 0 Å². The number of aryl methyl sites for hydroxylation is 2. The summed E-state index contributed by atoms with van der Waals surface area (Å²) in [6, 6.07) is 20.3. The number of fused-ring (bicyclic) bond motifs is 1. The van der Waals surface area contributed by atoms with Gasteiger partial charge in [0, 0.05) is 6.20 Å². The number of thiazole rings is 1. The molecule has 0 atom stereocenters. The molecule has 0 aliphatic heterocycles. The van der Waals surface area contributed by atoms with Gasteiger partial charge in [-0.1, -0.05) is 67.6 Å². The second-order valence-corrected chi connectivity index (χ2v) is 8.27. The first-order valence-electron chi connectivity index (χ1n) is 10.3. The standard InChI is InChI=1S/C25H25N3OS/c1-3-18-11-13-19(14-12-18)16-23(29)28(17-21-9-5-6-15-26-21)25-27-24-20(4-2)8-7-10-22(24)30-25/h5-15H,3-4,16-17H2,1-2H3. The lowest BCUT2D eigenvalue weighted by Gasteiger charge is -2.19. The van der Waals surface area contributed by atoms with E-state index in [9.17, 15) is 4.79 Å². The summed E-state index contributed by atoms with van der Waals surface area (Å²) in [4.78, 5) is 24.4. The molecule has 0 spiro atoms. The van der Waals surface area contributed by atoms with E-state index in [1.54, 1.807) is 22.4 Å². The second-order valence-electron chi connectivity index (χ2n) is 7.26. The van der Waals surface area contributed by atoms with Crippen LogP contribution < -0.4 is 4.90 Å². The molecule has 0 N–H and O–H groups in total. The van der Waals surface area contributed by atoms with Gasteiger partial charge in [-0.3, -0.25) is 14.7 Å². The van der Waals surface area contributed by atoms with Crippen LogP contribution in [0.3, 0.4) is 0 Å². The monoisotopic (exact) mass is 415 g/mol. The van der Waals surface area contributed by atoms with Crippen LogP contribution in [0.15, 0.2) is 66.9 Å². The average Bonchev–Trinajstić information content (AvgIpc) is 3.22. The number of carbonyl (C=O) groups is 1. The molecule has 0 unspecified atom stereocenters. The number of rotatable bonds is 7. The molecule has 0 saturated heterocycles. The van der Waals surface area contributed by atoms with Crippen molar-refractivity contribution in [3.8, 4) is 0 Å². The Hall–Kier alpha value is -3.05. The highest BCUT2D eigenvalue weighted by atomic mass is 32.1. The molecule has 0 aliphatic carbocycles. The Bertz CT molecular complexity index is 1140. The fourth-order valence-electron chi connectivity index (χ4n) is 3.47. The van der Waals surface area contributed by atoms with E-state index in [0.717, 1.165) is 39.4 Å². The van der Waals surface area contributed by atoms with Gasteiger partial charge in [-0.15, -0.1) is 0 Å². The molecule has 0 radical (unpaired) electrons. The van der Waals surface area contributed by atoms with E-state index in [0.29, 0.717) is 13.0 Å². The highest BCUT2D eigenvalue weighted by molar-refractivity contribution is 7.22. The Morgan fingerprint density at radius 2 is 1.73 bits per heavy atom. The summed E-state index contributed by atoms with van der Waals surface area (Å²) in [5, 5.41) is 0.728. The van der Waals surface area contributed by atoms with Gasteiger partial charge in [0.2, 0.25) is 5.91 Å². The SMILES string of the molecule is CCc1ccc(CC(=O)N(Cc2ccccn2)c2nc3c(CC)cccc3s2)cc1. The minimum Gasteiger partial charge on any atom is -0.282 e. The molecule has 4 rings (SSSR count). The van der Waals surface area contributed by atoms with E-state index < -0.39 is 0 Å². The lowest BCUT2D eigenvalue weighted by Crippen LogP contribution is -2.32. The third-order valence-corrected chi connectivity index (χ3v) is 6.28. The largest absolute Gasteiger partial charge is 0.282 e. The summed E-state index contributed by atoms with van der Waals surface area (Å²) < 4.78 is 1.11. The number of anilines is 1. The number of hydrogen-bond acceptors (Lipinski definition) is 4. The smallest absolute Gasteiger partial charge is 0.233 e. The molecule has 0 fully saturated rings. The number of nitrogens with zero attached hydrogens (tertiary/aromatic N) is 3. The Morgan fingerprint density at radius 3 is 2.43 bits per heavy atom. The lowest BCUT2D eigenvalue weighted by atomic mass is 10.1. The number of pyridine rings is 1. The van der Waals surface area contributed by atoms with Crippen molar-refractivity contribution in [3.63, 3.8) is 0 Å². The molecular weight excluding hydrogens is 390 g/mol. The van der Waals surface area contributed by atoms with Gasteiger partial charge < -0.3 is 0 Å². The Labute approximate surface area is 181 Å². The van der Waals surface area contributed by atoms with Crippen LogP contribution >= 0.6 is 11.3 Å². The maximum atomic E-state index is 13.4. The van der Waals surface area contributed by atoms with Crippen molar-refractivity contribution in [3.05, 3.63) is 89.2 Å². The highest BCUT2D eigenvalue weighted by Gasteiger charge is 2.21. The van der Waals surface area contributed by atoms with Gasteiger partial charge in [0.15, 0.2) is 5.13 Å². The van der Waals surface area contributed by atoms with Gasteiger partial charge in [-0.05, 0) is 47.7 Å². The maximum Gasteiger partial charge on any atom is 0.233 e. The summed E-state index contributed by atoms with van der Waals surface area (Å²) in [6.45, 7) is 4.67. The van der Waals surface area contributed by atoms with Crippen LogP contribution in [0.5, 0.6) is 0 Å². The van der Waals surface area contributed by atoms with Gasteiger partial charge in [-0.2, -0.15) is 0 Å². The first-order valence-corrected chi connectivity index (χ1v) is 11.2. The fraction of sp³-hybridized carbons (Fsp3) is 0.240. The molecule has 30 heavy (non-hydrogen) atoms. The van der Waals surface area contributed by atoms with Crippen molar-refractivity contribution < 1.29 is 4.79 Å². The molecule has 0 aliphatic rings. The van der Waals surface area contributed by atoms with Crippen LogP contribution in [0.25, 0.3) is 10.2 Å². The summed E-state index contributed by atoms with van der Waals surface area (Å²) in [5.41, 5.74) is 5.33. The molecular formula is C25H25N3OS. The number of amides is 1. The third-order valence-electron chi connectivity index (χ3n) is 5.24. The Morgan fingerprint density at radius 1 is 0.933 bits per heavy atom. The van der Waals surface area contributed by atoms with Gasteiger partial charge in [0.1, 0.15) is 0 Å². The van der Waals surface area contributed by atoms with Crippen LogP contribution in [0.4, 0.5) is 5.13 Å². The van der Waals surface area contributed by atoms with E-state index in [1.807, 2.05) is 30.3 Å². The minimum atomic E-state index is 0.0296. The van der Waals surface area contributed by atoms with E-state index in [-0.39, 0.29) is 5.91 Å². The van der Waals surface area contributed by atoms with Gasteiger partial charge in [0.25, 0.3) is 0 Å². The molecule has 2 aromatic heterocycles. The third kappa shape index (κ3) is 4.41. The number of benzene rings is 2. The summed E-state index contributed by atoms with van der Waals surface area (Å²) in [5.74, 6) is 0.0296. The zero-order valence-corrected chi connectivity index (χ0v) is 18.2. The first kappa shape index (κ1) is 20.2. The predicted molar refractivity (Wildman–Crippen MR) is 124 cm³/mol. The highest BCUT2D eigenvalue weighted by Crippen LogP contribution is 2.32. The van der Waals surface area contributed by atoms with Crippen LogP contribution in [0.2, 0.25) is 0 Å². The summed E-state index contributed by atoms with van der Waals surface area (Å²) in [6.07, 6.45) is 4.01. The number of aromatic nitrogens is 2. The predicted octanol–water partition coefficient (Wildman–Crippen LogP) is 5.59. The van der Waals surface area contributed by atoms with Crippen molar-refractivity contribution in [2.45, 2.75) is 39.7 Å².